The molecule has 1 aliphatic carbocycles. The Morgan fingerprint density at radius 3 is 2.69 bits per heavy atom. The maximum absolute atomic E-state index is 11.4. The molecule has 0 heterocycles. The molecule has 0 aromatic rings. The van der Waals surface area contributed by atoms with Crippen molar-refractivity contribution in [2.75, 3.05) is 6.54 Å². The zero-order valence-corrected chi connectivity index (χ0v) is 8.60. The van der Waals surface area contributed by atoms with Crippen molar-refractivity contribution in [3.05, 3.63) is 0 Å². The predicted octanol–water partition coefficient (Wildman–Crippen LogP) is 1.04. The SMILES string of the molecule is CCNC(C)CC(=O)NC1CCC1. The van der Waals surface area contributed by atoms with Gasteiger partial charge < -0.3 is 10.6 Å². The number of amides is 1. The van der Waals surface area contributed by atoms with Crippen molar-refractivity contribution in [1.82, 2.24) is 10.6 Å². The molecule has 2 N–H and O–H groups in total. The lowest BCUT2D eigenvalue weighted by Gasteiger charge is -2.27. The second-order valence-corrected chi connectivity index (χ2v) is 3.86. The molecule has 1 unspecified atom stereocenters. The Hall–Kier alpha value is -0.570. The van der Waals surface area contributed by atoms with Crippen LogP contribution in [-0.2, 0) is 4.79 Å². The van der Waals surface area contributed by atoms with Gasteiger partial charge in [0.25, 0.3) is 0 Å². The van der Waals surface area contributed by atoms with Crippen molar-refractivity contribution < 1.29 is 4.79 Å². The van der Waals surface area contributed by atoms with Gasteiger partial charge in [0.2, 0.25) is 5.91 Å². The monoisotopic (exact) mass is 184 g/mol. The van der Waals surface area contributed by atoms with E-state index < -0.39 is 0 Å². The smallest absolute Gasteiger partial charge is 0.221 e. The lowest BCUT2D eigenvalue weighted by atomic mass is 9.93. The molecule has 3 nitrogen and oxygen atoms in total. The average molecular weight is 184 g/mol. The lowest BCUT2D eigenvalue weighted by molar-refractivity contribution is -0.122. The van der Waals surface area contributed by atoms with Crippen molar-refractivity contribution in [2.45, 2.75) is 51.6 Å². The Morgan fingerprint density at radius 2 is 2.23 bits per heavy atom. The first-order valence-corrected chi connectivity index (χ1v) is 5.25. The van der Waals surface area contributed by atoms with E-state index in [-0.39, 0.29) is 5.91 Å². The topological polar surface area (TPSA) is 41.1 Å². The molecule has 0 aliphatic heterocycles. The van der Waals surface area contributed by atoms with E-state index in [1.807, 2.05) is 6.92 Å². The van der Waals surface area contributed by atoms with Crippen LogP contribution in [0.5, 0.6) is 0 Å². The lowest BCUT2D eigenvalue weighted by Crippen LogP contribution is -2.42. The van der Waals surface area contributed by atoms with Gasteiger partial charge >= 0.3 is 0 Å². The summed E-state index contributed by atoms with van der Waals surface area (Å²) >= 11 is 0. The maximum Gasteiger partial charge on any atom is 0.221 e. The van der Waals surface area contributed by atoms with Gasteiger partial charge in [-0.1, -0.05) is 6.92 Å². The molecule has 1 aliphatic rings. The Labute approximate surface area is 80.3 Å². The minimum atomic E-state index is 0.193. The summed E-state index contributed by atoms with van der Waals surface area (Å²) in [6.45, 7) is 5.03. The molecular formula is C10H20N2O. The molecule has 1 rings (SSSR count). The number of hydrogen-bond donors (Lipinski definition) is 2. The number of hydrogen-bond acceptors (Lipinski definition) is 2. The second-order valence-electron chi connectivity index (χ2n) is 3.86. The molecule has 3 heteroatoms. The highest BCUT2D eigenvalue weighted by Gasteiger charge is 2.19. The highest BCUT2D eigenvalue weighted by molar-refractivity contribution is 5.76. The average Bonchev–Trinajstić information content (AvgIpc) is 1.97. The Balaban J connectivity index is 2.08. The minimum absolute atomic E-state index is 0.193. The van der Waals surface area contributed by atoms with Gasteiger partial charge in [-0.05, 0) is 32.7 Å². The number of carbonyl (C=O) groups is 1. The molecule has 76 valence electrons. The molecule has 0 aromatic heterocycles. The van der Waals surface area contributed by atoms with Crippen LogP contribution < -0.4 is 10.6 Å². The van der Waals surface area contributed by atoms with Gasteiger partial charge in [-0.2, -0.15) is 0 Å². The first kappa shape index (κ1) is 10.5. The van der Waals surface area contributed by atoms with Crippen LogP contribution in [0.25, 0.3) is 0 Å². The normalized spacial score (nSPS) is 19.2. The van der Waals surface area contributed by atoms with Crippen LogP contribution in [0, 0.1) is 0 Å². The van der Waals surface area contributed by atoms with Gasteiger partial charge in [0.05, 0.1) is 0 Å². The summed E-state index contributed by atoms with van der Waals surface area (Å²) in [7, 11) is 0. The second kappa shape index (κ2) is 5.22. The van der Waals surface area contributed by atoms with E-state index in [2.05, 4.69) is 17.6 Å². The van der Waals surface area contributed by atoms with E-state index in [0.29, 0.717) is 18.5 Å². The fraction of sp³-hybridized carbons (Fsp3) is 0.900. The zero-order chi connectivity index (χ0) is 9.68. The number of carbonyl (C=O) groups excluding carboxylic acids is 1. The van der Waals surface area contributed by atoms with Gasteiger partial charge in [-0.15, -0.1) is 0 Å². The van der Waals surface area contributed by atoms with Gasteiger partial charge in [-0.3, -0.25) is 4.79 Å². The molecular weight excluding hydrogens is 164 g/mol. The van der Waals surface area contributed by atoms with Crippen LogP contribution in [0.1, 0.15) is 39.5 Å². The van der Waals surface area contributed by atoms with Crippen LogP contribution in [0.15, 0.2) is 0 Å². The van der Waals surface area contributed by atoms with Crippen molar-refractivity contribution in [2.24, 2.45) is 0 Å². The summed E-state index contributed by atoms with van der Waals surface area (Å²) in [5.41, 5.74) is 0. The molecule has 0 aromatic carbocycles. The largest absolute Gasteiger partial charge is 0.353 e. The summed E-state index contributed by atoms with van der Waals surface area (Å²) < 4.78 is 0. The molecule has 1 fully saturated rings. The Kier molecular flexibility index (Phi) is 4.22. The van der Waals surface area contributed by atoms with Gasteiger partial charge in [0, 0.05) is 18.5 Å². The number of nitrogens with one attached hydrogen (secondary N) is 2. The van der Waals surface area contributed by atoms with Crippen LogP contribution in [0.3, 0.4) is 0 Å². The maximum atomic E-state index is 11.4. The van der Waals surface area contributed by atoms with Crippen LogP contribution in [0.2, 0.25) is 0 Å². The summed E-state index contributed by atoms with van der Waals surface area (Å²) in [4.78, 5) is 11.4. The molecule has 0 bridgehead atoms. The summed E-state index contributed by atoms with van der Waals surface area (Å²) in [5, 5.41) is 6.25. The molecule has 1 amide bonds. The zero-order valence-electron chi connectivity index (χ0n) is 8.60. The standard InChI is InChI=1S/C10H20N2O/c1-3-11-8(2)7-10(13)12-9-5-4-6-9/h8-9,11H,3-7H2,1-2H3,(H,12,13). The quantitative estimate of drug-likeness (QED) is 0.670. The van der Waals surface area contributed by atoms with E-state index in [4.69, 9.17) is 0 Å². The summed E-state index contributed by atoms with van der Waals surface area (Å²) in [5.74, 6) is 0.193. The van der Waals surface area contributed by atoms with Gasteiger partial charge in [-0.25, -0.2) is 0 Å². The van der Waals surface area contributed by atoms with E-state index in [1.165, 1.54) is 19.3 Å². The summed E-state index contributed by atoms with van der Waals surface area (Å²) in [6.07, 6.45) is 4.21. The van der Waals surface area contributed by atoms with E-state index in [0.717, 1.165) is 6.54 Å². The third-order valence-electron chi connectivity index (χ3n) is 2.51. The molecule has 13 heavy (non-hydrogen) atoms. The van der Waals surface area contributed by atoms with Crippen molar-refractivity contribution in [3.63, 3.8) is 0 Å². The molecule has 1 saturated carbocycles. The fourth-order valence-electron chi connectivity index (χ4n) is 1.54. The van der Waals surface area contributed by atoms with Gasteiger partial charge in [0.1, 0.15) is 0 Å². The highest BCUT2D eigenvalue weighted by Crippen LogP contribution is 2.17. The molecule has 0 spiro atoms. The minimum Gasteiger partial charge on any atom is -0.353 e. The van der Waals surface area contributed by atoms with Crippen molar-refractivity contribution >= 4 is 5.91 Å². The van der Waals surface area contributed by atoms with Crippen LogP contribution in [0.4, 0.5) is 0 Å². The third-order valence-corrected chi connectivity index (χ3v) is 2.51. The third kappa shape index (κ3) is 3.77. The Bertz CT molecular complexity index is 166. The molecule has 0 saturated heterocycles. The first-order chi connectivity index (χ1) is 6.22. The van der Waals surface area contributed by atoms with Crippen molar-refractivity contribution in [3.8, 4) is 0 Å². The fourth-order valence-corrected chi connectivity index (χ4v) is 1.54. The first-order valence-electron chi connectivity index (χ1n) is 5.25. The van der Waals surface area contributed by atoms with Crippen LogP contribution in [-0.4, -0.2) is 24.5 Å². The molecule has 1 atom stereocenters. The predicted molar refractivity (Wildman–Crippen MR) is 53.5 cm³/mol. The molecule has 0 radical (unpaired) electrons. The summed E-state index contributed by atoms with van der Waals surface area (Å²) in [6, 6.07) is 0.770. The van der Waals surface area contributed by atoms with E-state index in [1.54, 1.807) is 0 Å². The van der Waals surface area contributed by atoms with E-state index >= 15 is 0 Å². The van der Waals surface area contributed by atoms with Crippen LogP contribution >= 0.6 is 0 Å². The van der Waals surface area contributed by atoms with Gasteiger partial charge in [0.15, 0.2) is 0 Å². The Morgan fingerprint density at radius 1 is 1.54 bits per heavy atom. The number of rotatable bonds is 5. The van der Waals surface area contributed by atoms with Crippen molar-refractivity contribution in [1.29, 1.82) is 0 Å². The van der Waals surface area contributed by atoms with E-state index in [9.17, 15) is 4.79 Å². The highest BCUT2D eigenvalue weighted by atomic mass is 16.1.